The molecule has 0 radical (unpaired) electrons. The van der Waals surface area contributed by atoms with E-state index in [1.165, 1.54) is 25.3 Å². The van der Waals surface area contributed by atoms with E-state index in [9.17, 15) is 8.42 Å². The quantitative estimate of drug-likeness (QED) is 0.507. The average molecular weight is 288 g/mol. The highest BCUT2D eigenvalue weighted by atomic mass is 32.2. The molecule has 0 bridgehead atoms. The van der Waals surface area contributed by atoms with Crippen LogP contribution in [0.4, 0.5) is 5.69 Å². The van der Waals surface area contributed by atoms with Gasteiger partial charge in [-0.25, -0.2) is 13.1 Å². The maximum atomic E-state index is 12.0. The van der Waals surface area contributed by atoms with Crippen molar-refractivity contribution >= 4 is 15.7 Å². The lowest BCUT2D eigenvalue weighted by atomic mass is 10.2. The van der Waals surface area contributed by atoms with E-state index in [0.717, 1.165) is 0 Å². The van der Waals surface area contributed by atoms with Crippen molar-refractivity contribution in [2.45, 2.75) is 30.8 Å². The van der Waals surface area contributed by atoms with Gasteiger partial charge in [0.2, 0.25) is 10.0 Å². The number of anilines is 1. The van der Waals surface area contributed by atoms with E-state index in [4.69, 9.17) is 15.6 Å². The van der Waals surface area contributed by atoms with Crippen LogP contribution >= 0.6 is 0 Å². The predicted octanol–water partition coefficient (Wildman–Crippen LogP) is 0.717. The molecule has 0 saturated carbocycles. The molecule has 0 amide bonds. The third-order valence-electron chi connectivity index (χ3n) is 2.60. The van der Waals surface area contributed by atoms with E-state index in [-0.39, 0.29) is 17.1 Å². The summed E-state index contributed by atoms with van der Waals surface area (Å²) in [7, 11) is -2.11. The Morgan fingerprint density at radius 3 is 2.68 bits per heavy atom. The minimum Gasteiger partial charge on any atom is -0.495 e. The molecule has 0 aromatic heterocycles. The lowest BCUT2D eigenvalue weighted by Gasteiger charge is -2.10. The van der Waals surface area contributed by atoms with Crippen molar-refractivity contribution in [3.8, 4) is 5.75 Å². The van der Waals surface area contributed by atoms with Crippen LogP contribution in [-0.2, 0) is 10.0 Å². The Balaban J connectivity index is 2.69. The highest BCUT2D eigenvalue weighted by Crippen LogP contribution is 2.24. The third kappa shape index (κ3) is 4.70. The first kappa shape index (κ1) is 15.7. The van der Waals surface area contributed by atoms with Crippen LogP contribution in [-0.4, -0.2) is 33.3 Å². The van der Waals surface area contributed by atoms with Gasteiger partial charge in [0.1, 0.15) is 5.75 Å². The summed E-state index contributed by atoms with van der Waals surface area (Å²) in [5.74, 6) is 0.438. The van der Waals surface area contributed by atoms with Crippen molar-refractivity contribution in [1.82, 2.24) is 4.72 Å². The molecular weight excluding hydrogens is 268 g/mol. The van der Waals surface area contributed by atoms with Crippen molar-refractivity contribution in [3.05, 3.63) is 18.2 Å². The molecule has 0 aliphatic rings. The van der Waals surface area contributed by atoms with Crippen LogP contribution in [0.25, 0.3) is 0 Å². The van der Waals surface area contributed by atoms with Gasteiger partial charge in [0.05, 0.1) is 23.8 Å². The number of hydrogen-bond donors (Lipinski definition) is 3. The molecule has 19 heavy (non-hydrogen) atoms. The van der Waals surface area contributed by atoms with Crippen LogP contribution in [0.2, 0.25) is 0 Å². The SMILES string of the molecule is COc1ccc(S(=O)(=O)NCCCC(C)O)cc1N. The second-order valence-corrected chi connectivity index (χ2v) is 6.06. The van der Waals surface area contributed by atoms with Gasteiger partial charge >= 0.3 is 0 Å². The van der Waals surface area contributed by atoms with Crippen LogP contribution in [0.1, 0.15) is 19.8 Å². The molecule has 0 aliphatic carbocycles. The van der Waals surface area contributed by atoms with Gasteiger partial charge in [-0.1, -0.05) is 0 Å². The zero-order chi connectivity index (χ0) is 14.5. The van der Waals surface area contributed by atoms with Crippen molar-refractivity contribution in [1.29, 1.82) is 0 Å². The molecule has 0 aliphatic heterocycles. The van der Waals surface area contributed by atoms with Crippen molar-refractivity contribution in [3.63, 3.8) is 0 Å². The number of hydrogen-bond acceptors (Lipinski definition) is 5. The molecular formula is C12H20N2O4S. The van der Waals surface area contributed by atoms with Crippen LogP contribution in [0.5, 0.6) is 5.75 Å². The summed E-state index contributed by atoms with van der Waals surface area (Å²) in [6.45, 7) is 1.94. The topological polar surface area (TPSA) is 102 Å². The molecule has 1 atom stereocenters. The van der Waals surface area contributed by atoms with Crippen LogP contribution < -0.4 is 15.2 Å². The van der Waals surface area contributed by atoms with E-state index in [2.05, 4.69) is 4.72 Å². The fourth-order valence-electron chi connectivity index (χ4n) is 1.57. The number of nitrogen functional groups attached to an aromatic ring is 1. The van der Waals surface area contributed by atoms with Crippen LogP contribution in [0.3, 0.4) is 0 Å². The second kappa shape index (κ2) is 6.74. The molecule has 1 rings (SSSR count). The van der Waals surface area contributed by atoms with Gasteiger partial charge in [-0.15, -0.1) is 0 Å². The van der Waals surface area contributed by atoms with Gasteiger partial charge in [0.25, 0.3) is 0 Å². The molecule has 0 heterocycles. The smallest absolute Gasteiger partial charge is 0.240 e. The Hall–Kier alpha value is -1.31. The highest BCUT2D eigenvalue weighted by molar-refractivity contribution is 7.89. The molecule has 4 N–H and O–H groups in total. The molecule has 0 saturated heterocycles. The monoisotopic (exact) mass is 288 g/mol. The Labute approximate surface area is 113 Å². The zero-order valence-corrected chi connectivity index (χ0v) is 11.9. The molecule has 0 spiro atoms. The minimum absolute atomic E-state index is 0.0999. The fourth-order valence-corrected chi connectivity index (χ4v) is 2.68. The Morgan fingerprint density at radius 1 is 1.47 bits per heavy atom. The van der Waals surface area contributed by atoms with E-state index in [0.29, 0.717) is 18.6 Å². The lowest BCUT2D eigenvalue weighted by molar-refractivity contribution is 0.182. The third-order valence-corrected chi connectivity index (χ3v) is 4.06. The van der Waals surface area contributed by atoms with Gasteiger partial charge in [-0.3, -0.25) is 0 Å². The molecule has 1 unspecified atom stereocenters. The minimum atomic E-state index is -3.57. The van der Waals surface area contributed by atoms with Crippen LogP contribution in [0, 0.1) is 0 Å². The number of sulfonamides is 1. The van der Waals surface area contributed by atoms with Crippen molar-refractivity contribution in [2.24, 2.45) is 0 Å². The standard InChI is InChI=1S/C12H20N2O4S/c1-9(15)4-3-7-14-19(16,17)10-5-6-12(18-2)11(13)8-10/h5-6,8-9,14-15H,3-4,7,13H2,1-2H3. The molecule has 6 nitrogen and oxygen atoms in total. The van der Waals surface area contributed by atoms with Crippen molar-refractivity contribution in [2.75, 3.05) is 19.4 Å². The maximum Gasteiger partial charge on any atom is 0.240 e. The predicted molar refractivity (Wildman–Crippen MR) is 73.5 cm³/mol. The average Bonchev–Trinajstić information content (AvgIpc) is 2.34. The Morgan fingerprint density at radius 2 is 2.16 bits per heavy atom. The molecule has 7 heteroatoms. The van der Waals surface area contributed by atoms with E-state index in [1.807, 2.05) is 0 Å². The number of ether oxygens (including phenoxy) is 1. The zero-order valence-electron chi connectivity index (χ0n) is 11.1. The molecule has 1 aromatic carbocycles. The van der Waals surface area contributed by atoms with E-state index >= 15 is 0 Å². The maximum absolute atomic E-state index is 12.0. The molecule has 1 aromatic rings. The summed E-state index contributed by atoms with van der Waals surface area (Å²) in [4.78, 5) is 0.0999. The highest BCUT2D eigenvalue weighted by Gasteiger charge is 2.15. The first-order valence-electron chi connectivity index (χ1n) is 5.98. The number of methoxy groups -OCH3 is 1. The van der Waals surface area contributed by atoms with Crippen LogP contribution in [0.15, 0.2) is 23.1 Å². The summed E-state index contributed by atoms with van der Waals surface area (Å²) in [6, 6.07) is 4.31. The normalized spacial score (nSPS) is 13.2. The molecule has 108 valence electrons. The summed E-state index contributed by atoms with van der Waals surface area (Å²) < 4.78 is 31.3. The Kier molecular flexibility index (Phi) is 5.59. The van der Waals surface area contributed by atoms with E-state index in [1.54, 1.807) is 6.92 Å². The van der Waals surface area contributed by atoms with E-state index < -0.39 is 16.1 Å². The number of nitrogens with one attached hydrogen (secondary N) is 1. The number of aliphatic hydroxyl groups excluding tert-OH is 1. The number of rotatable bonds is 7. The first-order valence-corrected chi connectivity index (χ1v) is 7.46. The fraction of sp³-hybridized carbons (Fsp3) is 0.500. The summed E-state index contributed by atoms with van der Waals surface area (Å²) in [5, 5.41) is 9.09. The largest absolute Gasteiger partial charge is 0.495 e. The van der Waals surface area contributed by atoms with Crippen molar-refractivity contribution < 1.29 is 18.3 Å². The number of nitrogens with two attached hydrogens (primary N) is 1. The summed E-state index contributed by atoms with van der Waals surface area (Å²) in [5.41, 5.74) is 5.95. The Bertz CT molecular complexity index is 514. The summed E-state index contributed by atoms with van der Waals surface area (Å²) in [6.07, 6.45) is 0.691. The van der Waals surface area contributed by atoms with Gasteiger partial charge in [0, 0.05) is 6.54 Å². The van der Waals surface area contributed by atoms with Gasteiger partial charge in [0.15, 0.2) is 0 Å². The van der Waals surface area contributed by atoms with Gasteiger partial charge < -0.3 is 15.6 Å². The second-order valence-electron chi connectivity index (χ2n) is 4.29. The first-order chi connectivity index (χ1) is 8.86. The molecule has 0 fully saturated rings. The van der Waals surface area contributed by atoms with Gasteiger partial charge in [-0.2, -0.15) is 0 Å². The lowest BCUT2D eigenvalue weighted by Crippen LogP contribution is -2.25. The number of aliphatic hydroxyl groups is 1. The number of benzene rings is 1. The van der Waals surface area contributed by atoms with Gasteiger partial charge in [-0.05, 0) is 38.0 Å². The summed E-state index contributed by atoms with van der Waals surface area (Å²) >= 11 is 0.